The molecule has 0 aliphatic carbocycles. The van der Waals surface area contributed by atoms with E-state index in [1.165, 1.54) is 4.88 Å². The van der Waals surface area contributed by atoms with Gasteiger partial charge < -0.3 is 10.2 Å². The number of hydrogen-bond donors (Lipinski definition) is 1. The van der Waals surface area contributed by atoms with E-state index in [4.69, 9.17) is 4.98 Å². The largest absolute Gasteiger partial charge is 0.365 e. The fraction of sp³-hybridized carbons (Fsp3) is 0.522. The number of carbonyl (C=O) groups excluding carboxylic acids is 1. The van der Waals surface area contributed by atoms with Crippen LogP contribution in [0.4, 0.5) is 5.82 Å². The highest BCUT2D eigenvalue weighted by Gasteiger charge is 2.30. The molecule has 1 fully saturated rings. The van der Waals surface area contributed by atoms with Crippen molar-refractivity contribution in [3.05, 3.63) is 46.7 Å². The zero-order valence-corrected chi connectivity index (χ0v) is 19.1. The van der Waals surface area contributed by atoms with Crippen molar-refractivity contribution in [1.29, 1.82) is 0 Å². The molecule has 1 atom stereocenters. The van der Waals surface area contributed by atoms with Crippen LogP contribution in [0.3, 0.4) is 0 Å². The Morgan fingerprint density at radius 2 is 2.10 bits per heavy atom. The van der Waals surface area contributed by atoms with Crippen LogP contribution < -0.4 is 5.32 Å². The number of hydrogen-bond acceptors (Lipinski definition) is 5. The molecule has 1 N–H and O–H groups in total. The van der Waals surface area contributed by atoms with Crippen molar-refractivity contribution in [2.45, 2.75) is 58.4 Å². The summed E-state index contributed by atoms with van der Waals surface area (Å²) in [6.45, 7) is 10.1. The van der Waals surface area contributed by atoms with E-state index in [1.54, 1.807) is 17.5 Å². The third-order valence-electron chi connectivity index (χ3n) is 5.65. The lowest BCUT2D eigenvalue weighted by atomic mass is 9.92. The summed E-state index contributed by atoms with van der Waals surface area (Å²) in [4.78, 5) is 25.4. The van der Waals surface area contributed by atoms with Crippen LogP contribution in [0, 0.1) is 5.92 Å². The van der Waals surface area contributed by atoms with Crippen LogP contribution in [-0.2, 0) is 11.2 Å². The second kappa shape index (κ2) is 8.38. The molecule has 1 aliphatic rings. The Balaban J connectivity index is 1.47. The number of amides is 1. The minimum absolute atomic E-state index is 0.0274. The Kier molecular flexibility index (Phi) is 5.82. The molecule has 0 radical (unpaired) electrons. The number of likely N-dealkylation sites (tertiary alicyclic amines) is 1. The number of thiophene rings is 1. The minimum atomic E-state index is -0.0676. The van der Waals surface area contributed by atoms with E-state index in [2.05, 4.69) is 59.9 Å². The quantitative estimate of drug-likeness (QED) is 0.650. The van der Waals surface area contributed by atoms with Gasteiger partial charge in [-0.3, -0.25) is 14.2 Å². The smallest absolute Gasteiger partial charge is 0.225 e. The molecule has 30 heavy (non-hydrogen) atoms. The van der Waals surface area contributed by atoms with Gasteiger partial charge in [0, 0.05) is 47.7 Å². The number of carbonyl (C=O) groups is 1. The lowest BCUT2D eigenvalue weighted by molar-refractivity contribution is -0.136. The molecular weight excluding hydrogens is 394 g/mol. The van der Waals surface area contributed by atoms with Gasteiger partial charge in [-0.05, 0) is 51.5 Å². The molecular formula is C23H31N5OS. The molecule has 3 aromatic rings. The number of rotatable bonds is 5. The number of fused-ring (bicyclic) bond motifs is 1. The molecule has 1 amide bonds. The van der Waals surface area contributed by atoms with Crippen molar-refractivity contribution in [2.75, 3.05) is 18.4 Å². The average molecular weight is 426 g/mol. The van der Waals surface area contributed by atoms with Crippen LogP contribution in [0.15, 0.2) is 36.1 Å². The van der Waals surface area contributed by atoms with E-state index in [1.807, 2.05) is 17.3 Å². The van der Waals surface area contributed by atoms with Crippen molar-refractivity contribution in [3.63, 3.8) is 0 Å². The van der Waals surface area contributed by atoms with E-state index in [9.17, 15) is 4.79 Å². The maximum atomic E-state index is 13.0. The summed E-state index contributed by atoms with van der Waals surface area (Å²) in [5.74, 6) is 1.69. The third kappa shape index (κ3) is 4.51. The first kappa shape index (κ1) is 20.8. The SMILES string of the molecule is C[C@H](Cc1cccs1)C(=O)N1CCC(c2nc3cnccn3c2NC(C)(C)C)CC1. The number of nitrogens with one attached hydrogen (secondary N) is 1. The summed E-state index contributed by atoms with van der Waals surface area (Å²) in [5.41, 5.74) is 1.89. The Hall–Kier alpha value is -2.41. The van der Waals surface area contributed by atoms with Gasteiger partial charge >= 0.3 is 0 Å². The van der Waals surface area contributed by atoms with Gasteiger partial charge in [0.1, 0.15) is 5.82 Å². The lowest BCUT2D eigenvalue weighted by Gasteiger charge is -2.34. The van der Waals surface area contributed by atoms with Gasteiger partial charge in [-0.1, -0.05) is 13.0 Å². The van der Waals surface area contributed by atoms with Crippen LogP contribution in [0.5, 0.6) is 0 Å². The lowest BCUT2D eigenvalue weighted by Crippen LogP contribution is -2.41. The molecule has 160 valence electrons. The number of piperidine rings is 1. The Labute approximate surface area is 182 Å². The highest BCUT2D eigenvalue weighted by atomic mass is 32.1. The summed E-state index contributed by atoms with van der Waals surface area (Å²) >= 11 is 1.73. The Morgan fingerprint density at radius 1 is 1.33 bits per heavy atom. The highest BCUT2D eigenvalue weighted by molar-refractivity contribution is 7.09. The monoisotopic (exact) mass is 425 g/mol. The van der Waals surface area contributed by atoms with Gasteiger partial charge in [0.2, 0.25) is 5.91 Å². The summed E-state index contributed by atoms with van der Waals surface area (Å²) < 4.78 is 2.09. The van der Waals surface area contributed by atoms with Gasteiger partial charge in [0.25, 0.3) is 0 Å². The first-order chi connectivity index (χ1) is 14.3. The summed E-state index contributed by atoms with van der Waals surface area (Å²) in [7, 11) is 0. The maximum Gasteiger partial charge on any atom is 0.225 e. The zero-order valence-electron chi connectivity index (χ0n) is 18.3. The van der Waals surface area contributed by atoms with E-state index in [0.717, 1.165) is 49.5 Å². The van der Waals surface area contributed by atoms with Crippen LogP contribution in [0.2, 0.25) is 0 Å². The van der Waals surface area contributed by atoms with Gasteiger partial charge in [-0.25, -0.2) is 4.98 Å². The molecule has 1 aliphatic heterocycles. The third-order valence-corrected chi connectivity index (χ3v) is 6.55. The van der Waals surface area contributed by atoms with Gasteiger partial charge in [0.05, 0.1) is 11.9 Å². The number of anilines is 1. The molecule has 3 aromatic heterocycles. The van der Waals surface area contributed by atoms with Gasteiger partial charge in [0.15, 0.2) is 5.65 Å². The fourth-order valence-corrected chi connectivity index (χ4v) is 5.03. The highest BCUT2D eigenvalue weighted by Crippen LogP contribution is 2.34. The van der Waals surface area contributed by atoms with Crippen molar-refractivity contribution < 1.29 is 4.79 Å². The first-order valence-corrected chi connectivity index (χ1v) is 11.6. The molecule has 0 spiro atoms. The second-order valence-corrected chi connectivity index (χ2v) is 10.3. The first-order valence-electron chi connectivity index (χ1n) is 10.7. The van der Waals surface area contributed by atoms with Crippen LogP contribution in [0.25, 0.3) is 5.65 Å². The van der Waals surface area contributed by atoms with E-state index < -0.39 is 0 Å². The van der Waals surface area contributed by atoms with Crippen molar-refractivity contribution >= 4 is 28.7 Å². The summed E-state index contributed by atoms with van der Waals surface area (Å²) in [6.07, 6.45) is 8.27. The maximum absolute atomic E-state index is 13.0. The Morgan fingerprint density at radius 3 is 2.77 bits per heavy atom. The van der Waals surface area contributed by atoms with Crippen molar-refractivity contribution in [1.82, 2.24) is 19.3 Å². The van der Waals surface area contributed by atoms with Crippen LogP contribution >= 0.6 is 11.3 Å². The minimum Gasteiger partial charge on any atom is -0.365 e. The summed E-state index contributed by atoms with van der Waals surface area (Å²) in [5, 5.41) is 5.72. The average Bonchev–Trinajstić information content (AvgIpc) is 3.35. The molecule has 4 rings (SSSR count). The number of nitrogens with zero attached hydrogens (tertiary/aromatic N) is 4. The van der Waals surface area contributed by atoms with E-state index in [0.29, 0.717) is 5.92 Å². The number of imidazole rings is 1. The normalized spacial score (nSPS) is 16.7. The predicted molar refractivity (Wildman–Crippen MR) is 122 cm³/mol. The molecule has 6 nitrogen and oxygen atoms in total. The van der Waals surface area contributed by atoms with Crippen molar-refractivity contribution in [3.8, 4) is 0 Å². The molecule has 0 aromatic carbocycles. The van der Waals surface area contributed by atoms with E-state index in [-0.39, 0.29) is 17.4 Å². The molecule has 0 bridgehead atoms. The predicted octanol–water partition coefficient (Wildman–Crippen LogP) is 4.59. The standard InChI is InChI=1S/C23H31N5OS/c1-16(14-18-6-5-13-30-18)22(29)27-10-7-17(8-11-27)20-21(26-23(2,3)4)28-12-9-24-15-19(28)25-20/h5-6,9,12-13,15-17,26H,7-8,10-11,14H2,1-4H3/t16-/m1/s1. The van der Waals surface area contributed by atoms with Crippen molar-refractivity contribution in [2.24, 2.45) is 5.92 Å². The molecule has 0 unspecified atom stereocenters. The zero-order chi connectivity index (χ0) is 21.3. The van der Waals surface area contributed by atoms with E-state index >= 15 is 0 Å². The summed E-state index contributed by atoms with van der Waals surface area (Å²) in [6, 6.07) is 4.17. The molecule has 4 heterocycles. The molecule has 0 saturated carbocycles. The molecule has 1 saturated heterocycles. The fourth-order valence-electron chi connectivity index (χ4n) is 4.19. The van der Waals surface area contributed by atoms with Crippen LogP contribution in [-0.4, -0.2) is 43.8 Å². The number of aromatic nitrogens is 3. The van der Waals surface area contributed by atoms with Gasteiger partial charge in [-0.15, -0.1) is 11.3 Å². The van der Waals surface area contributed by atoms with Crippen LogP contribution in [0.1, 0.15) is 57.0 Å². The Bertz CT molecular complexity index is 996. The molecule has 7 heteroatoms. The van der Waals surface area contributed by atoms with Gasteiger partial charge in [-0.2, -0.15) is 0 Å². The second-order valence-electron chi connectivity index (χ2n) is 9.31. The topological polar surface area (TPSA) is 62.5 Å².